The molecule has 0 aromatic heterocycles. The minimum absolute atomic E-state index is 0.236. The van der Waals surface area contributed by atoms with Gasteiger partial charge >= 0.3 is 18.0 Å². The molecule has 0 fully saturated rings. The van der Waals surface area contributed by atoms with Gasteiger partial charge in [0, 0.05) is 12.0 Å². The number of fused-ring (bicyclic) bond motifs is 1. The summed E-state index contributed by atoms with van der Waals surface area (Å²) in [6, 6.07) is 5.61. The largest absolute Gasteiger partial charge is 0.481 e. The van der Waals surface area contributed by atoms with Crippen molar-refractivity contribution < 1.29 is 34.1 Å². The second kappa shape index (κ2) is 7.30. The number of amides is 1. The number of nitrogens with one attached hydrogen (secondary N) is 1. The molecule has 0 aliphatic carbocycles. The third-order valence-electron chi connectivity index (χ3n) is 3.14. The van der Waals surface area contributed by atoms with E-state index in [1.807, 2.05) is 0 Å². The summed E-state index contributed by atoms with van der Waals surface area (Å²) in [5, 5.41) is 19.7. The van der Waals surface area contributed by atoms with Gasteiger partial charge in [-0.1, -0.05) is 18.2 Å². The highest BCUT2D eigenvalue weighted by molar-refractivity contribution is 5.80. The molecule has 1 aliphatic rings. The van der Waals surface area contributed by atoms with Crippen molar-refractivity contribution in [3.63, 3.8) is 0 Å². The van der Waals surface area contributed by atoms with Crippen molar-refractivity contribution in [1.82, 2.24) is 5.32 Å². The van der Waals surface area contributed by atoms with Crippen LogP contribution in [0.15, 0.2) is 36.6 Å². The summed E-state index contributed by atoms with van der Waals surface area (Å²) >= 11 is 0. The molecular weight excluding hydrogens is 306 g/mol. The molecule has 8 heteroatoms. The van der Waals surface area contributed by atoms with Gasteiger partial charge in [-0.25, -0.2) is 9.59 Å². The molecule has 2 unspecified atom stereocenters. The van der Waals surface area contributed by atoms with Crippen molar-refractivity contribution in [3.05, 3.63) is 42.2 Å². The number of hydrogen-bond donors (Lipinski definition) is 3. The van der Waals surface area contributed by atoms with Crippen LogP contribution < -0.4 is 10.1 Å². The molecule has 23 heavy (non-hydrogen) atoms. The SMILES string of the molecule is O=C(O)CCC(NC(=O)OC1C=COc2ccccc21)C(=O)O. The quantitative estimate of drug-likeness (QED) is 0.728. The van der Waals surface area contributed by atoms with E-state index in [2.05, 4.69) is 5.32 Å². The van der Waals surface area contributed by atoms with E-state index in [1.165, 1.54) is 12.3 Å². The van der Waals surface area contributed by atoms with Gasteiger partial charge in [-0.15, -0.1) is 0 Å². The second-order valence-electron chi connectivity index (χ2n) is 4.78. The molecular formula is C15H15NO7. The monoisotopic (exact) mass is 321 g/mol. The first-order valence-corrected chi connectivity index (χ1v) is 6.81. The molecule has 0 radical (unpaired) electrons. The van der Waals surface area contributed by atoms with E-state index in [1.54, 1.807) is 24.3 Å². The predicted molar refractivity (Wildman–Crippen MR) is 76.9 cm³/mol. The van der Waals surface area contributed by atoms with Gasteiger partial charge in [-0.05, 0) is 18.6 Å². The number of carbonyl (C=O) groups is 3. The summed E-state index contributed by atoms with van der Waals surface area (Å²) < 4.78 is 10.4. The third-order valence-corrected chi connectivity index (χ3v) is 3.14. The fraction of sp³-hybridized carbons (Fsp3) is 0.267. The Labute approximate surface area is 131 Å². The molecule has 1 heterocycles. The van der Waals surface area contributed by atoms with Crippen LogP contribution in [-0.4, -0.2) is 34.3 Å². The van der Waals surface area contributed by atoms with E-state index < -0.39 is 30.2 Å². The average molecular weight is 321 g/mol. The first-order valence-electron chi connectivity index (χ1n) is 6.81. The molecule has 2 atom stereocenters. The Morgan fingerprint density at radius 3 is 2.70 bits per heavy atom. The van der Waals surface area contributed by atoms with E-state index in [0.29, 0.717) is 11.3 Å². The highest BCUT2D eigenvalue weighted by atomic mass is 16.6. The summed E-state index contributed by atoms with van der Waals surface area (Å²) in [6.07, 6.45) is 0.606. The lowest BCUT2D eigenvalue weighted by atomic mass is 10.1. The highest BCUT2D eigenvalue weighted by Crippen LogP contribution is 2.32. The van der Waals surface area contributed by atoms with E-state index in [0.717, 1.165) is 0 Å². The highest BCUT2D eigenvalue weighted by Gasteiger charge is 2.25. The lowest BCUT2D eigenvalue weighted by molar-refractivity contribution is -0.140. The minimum Gasteiger partial charge on any atom is -0.481 e. The molecule has 1 aromatic rings. The van der Waals surface area contributed by atoms with Gasteiger partial charge in [0.2, 0.25) is 0 Å². The third kappa shape index (κ3) is 4.47. The zero-order valence-electron chi connectivity index (χ0n) is 12.0. The topological polar surface area (TPSA) is 122 Å². The Bertz CT molecular complexity index is 640. The Balaban J connectivity index is 1.98. The van der Waals surface area contributed by atoms with Crippen LogP contribution in [0.25, 0.3) is 0 Å². The number of ether oxygens (including phenoxy) is 2. The van der Waals surface area contributed by atoms with E-state index in [9.17, 15) is 14.4 Å². The lowest BCUT2D eigenvalue weighted by Crippen LogP contribution is -2.41. The van der Waals surface area contributed by atoms with Crippen LogP contribution >= 0.6 is 0 Å². The van der Waals surface area contributed by atoms with Crippen LogP contribution in [0.5, 0.6) is 5.75 Å². The molecule has 0 saturated heterocycles. The van der Waals surface area contributed by atoms with Crippen LogP contribution in [0.1, 0.15) is 24.5 Å². The summed E-state index contributed by atoms with van der Waals surface area (Å²) in [7, 11) is 0. The van der Waals surface area contributed by atoms with Crippen molar-refractivity contribution in [1.29, 1.82) is 0 Å². The Kier molecular flexibility index (Phi) is 5.19. The minimum atomic E-state index is -1.34. The van der Waals surface area contributed by atoms with Gasteiger partial charge in [-0.2, -0.15) is 0 Å². The number of alkyl carbamates (subject to hydrolysis) is 1. The number of carboxylic acids is 2. The Morgan fingerprint density at radius 1 is 1.26 bits per heavy atom. The molecule has 3 N–H and O–H groups in total. The summed E-state index contributed by atoms with van der Waals surface area (Å²) in [6.45, 7) is 0. The molecule has 122 valence electrons. The van der Waals surface area contributed by atoms with Crippen molar-refractivity contribution in [2.24, 2.45) is 0 Å². The predicted octanol–water partition coefficient (Wildman–Crippen LogP) is 1.68. The maximum Gasteiger partial charge on any atom is 0.408 e. The average Bonchev–Trinajstić information content (AvgIpc) is 2.51. The van der Waals surface area contributed by atoms with Crippen molar-refractivity contribution in [2.45, 2.75) is 25.0 Å². The normalized spacial score (nSPS) is 16.6. The number of rotatable bonds is 6. The van der Waals surface area contributed by atoms with Gasteiger partial charge in [-0.3, -0.25) is 4.79 Å². The van der Waals surface area contributed by atoms with Crippen molar-refractivity contribution >= 4 is 18.0 Å². The van der Waals surface area contributed by atoms with Crippen LogP contribution in [0.2, 0.25) is 0 Å². The Morgan fingerprint density at radius 2 is 2.00 bits per heavy atom. The first-order chi connectivity index (χ1) is 11.0. The summed E-state index contributed by atoms with van der Waals surface area (Å²) in [5.74, 6) is -1.94. The fourth-order valence-electron chi connectivity index (χ4n) is 2.03. The van der Waals surface area contributed by atoms with Gasteiger partial charge < -0.3 is 25.0 Å². The number of carbonyl (C=O) groups excluding carboxylic acids is 1. The molecule has 0 saturated carbocycles. The summed E-state index contributed by atoms with van der Waals surface area (Å²) in [5.41, 5.74) is 0.627. The van der Waals surface area contributed by atoms with E-state index in [4.69, 9.17) is 19.7 Å². The number of carboxylic acid groups (broad SMARTS) is 2. The van der Waals surface area contributed by atoms with Crippen molar-refractivity contribution in [3.8, 4) is 5.75 Å². The molecule has 0 bridgehead atoms. The van der Waals surface area contributed by atoms with E-state index in [-0.39, 0.29) is 12.8 Å². The zero-order chi connectivity index (χ0) is 16.8. The summed E-state index contributed by atoms with van der Waals surface area (Å²) in [4.78, 5) is 33.4. The number of hydrogen-bond acceptors (Lipinski definition) is 5. The molecule has 8 nitrogen and oxygen atoms in total. The lowest BCUT2D eigenvalue weighted by Gasteiger charge is -2.22. The first kappa shape index (κ1) is 16.3. The van der Waals surface area contributed by atoms with Gasteiger partial charge in [0.25, 0.3) is 0 Å². The van der Waals surface area contributed by atoms with Crippen LogP contribution in [0, 0.1) is 0 Å². The van der Waals surface area contributed by atoms with Crippen LogP contribution in [0.3, 0.4) is 0 Å². The van der Waals surface area contributed by atoms with Gasteiger partial charge in [0.15, 0.2) is 6.10 Å². The van der Waals surface area contributed by atoms with Gasteiger partial charge in [0.05, 0.1) is 6.26 Å². The molecule has 1 aliphatic heterocycles. The number of para-hydroxylation sites is 1. The zero-order valence-corrected chi connectivity index (χ0v) is 12.0. The van der Waals surface area contributed by atoms with Crippen LogP contribution in [-0.2, 0) is 14.3 Å². The smallest absolute Gasteiger partial charge is 0.408 e. The number of aliphatic carboxylic acids is 2. The van der Waals surface area contributed by atoms with E-state index >= 15 is 0 Å². The van der Waals surface area contributed by atoms with Crippen molar-refractivity contribution in [2.75, 3.05) is 0 Å². The molecule has 1 amide bonds. The maximum atomic E-state index is 11.9. The van der Waals surface area contributed by atoms with Crippen LogP contribution in [0.4, 0.5) is 4.79 Å². The van der Waals surface area contributed by atoms with Gasteiger partial charge in [0.1, 0.15) is 11.8 Å². The molecule has 0 spiro atoms. The fourth-order valence-corrected chi connectivity index (χ4v) is 2.03. The Hall–Kier alpha value is -3.03. The molecule has 2 rings (SSSR count). The number of benzene rings is 1. The maximum absolute atomic E-state index is 11.9. The molecule has 1 aromatic carbocycles. The standard InChI is InChI=1S/C15H15NO7/c17-13(18)6-5-10(14(19)20)16-15(21)23-12-7-8-22-11-4-2-1-3-9(11)12/h1-4,7-8,10,12H,5-6H2,(H,16,21)(H,17,18)(H,19,20). The second-order valence-corrected chi connectivity index (χ2v) is 4.78.